The van der Waals surface area contributed by atoms with Crippen LogP contribution in [-0.2, 0) is 0 Å². The van der Waals surface area contributed by atoms with Gasteiger partial charge in [0.05, 0.1) is 0 Å². The lowest BCUT2D eigenvalue weighted by molar-refractivity contribution is 0.328. The van der Waals surface area contributed by atoms with Gasteiger partial charge in [-0.2, -0.15) is 4.98 Å². The molecule has 19 heavy (non-hydrogen) atoms. The average molecular weight is 255 g/mol. The van der Waals surface area contributed by atoms with Gasteiger partial charge in [-0.15, -0.1) is 0 Å². The molecule has 96 valence electrons. The van der Waals surface area contributed by atoms with Crippen LogP contribution < -0.4 is 10.5 Å². The van der Waals surface area contributed by atoms with Crippen LogP contribution >= 0.6 is 0 Å². The zero-order chi connectivity index (χ0) is 13.1. The number of nitrogens with two attached hydrogens (primary N) is 1. The van der Waals surface area contributed by atoms with Gasteiger partial charge in [0.15, 0.2) is 11.2 Å². The zero-order valence-electron chi connectivity index (χ0n) is 10.2. The van der Waals surface area contributed by atoms with Crippen molar-refractivity contribution in [2.45, 2.75) is 0 Å². The molecule has 3 rings (SSSR count). The number of fused-ring (bicyclic) bond motifs is 1. The molecule has 3 aromatic rings. The molecular weight excluding hydrogens is 242 g/mol. The van der Waals surface area contributed by atoms with Gasteiger partial charge in [0.25, 0.3) is 0 Å². The van der Waals surface area contributed by atoms with Crippen molar-refractivity contribution in [1.82, 2.24) is 9.97 Å². The van der Waals surface area contributed by atoms with Gasteiger partial charge in [0.1, 0.15) is 12.4 Å². The molecule has 2 aromatic heterocycles. The molecule has 2 heterocycles. The smallest absolute Gasteiger partial charge is 0.228 e. The first kappa shape index (κ1) is 11.7. The predicted octanol–water partition coefficient (Wildman–Crippen LogP) is 2.23. The summed E-state index contributed by atoms with van der Waals surface area (Å²) in [5, 5.41) is 0. The Bertz CT molecular complexity index is 643. The maximum Gasteiger partial charge on any atom is 0.228 e. The van der Waals surface area contributed by atoms with Crippen LogP contribution in [-0.4, -0.2) is 23.1 Å². The first-order chi connectivity index (χ1) is 9.36. The quantitative estimate of drug-likeness (QED) is 0.773. The van der Waals surface area contributed by atoms with Crippen molar-refractivity contribution in [3.8, 4) is 17.2 Å². The summed E-state index contributed by atoms with van der Waals surface area (Å²) < 4.78 is 11.1. The third-order valence-corrected chi connectivity index (χ3v) is 2.65. The summed E-state index contributed by atoms with van der Waals surface area (Å²) >= 11 is 0. The highest BCUT2D eigenvalue weighted by atomic mass is 16.5. The summed E-state index contributed by atoms with van der Waals surface area (Å²) in [4.78, 5) is 8.48. The molecule has 0 saturated carbocycles. The van der Waals surface area contributed by atoms with Crippen molar-refractivity contribution in [2.24, 2.45) is 5.73 Å². The van der Waals surface area contributed by atoms with Crippen molar-refractivity contribution < 1.29 is 9.15 Å². The monoisotopic (exact) mass is 255 g/mol. The molecule has 0 atom stereocenters. The van der Waals surface area contributed by atoms with E-state index in [0.29, 0.717) is 30.3 Å². The molecule has 0 aliphatic heterocycles. The van der Waals surface area contributed by atoms with E-state index in [1.165, 1.54) is 0 Å². The number of oxazole rings is 1. The van der Waals surface area contributed by atoms with Gasteiger partial charge in [-0.25, -0.2) is 4.98 Å². The molecule has 0 unspecified atom stereocenters. The van der Waals surface area contributed by atoms with E-state index in [0.717, 1.165) is 11.3 Å². The Hall–Kier alpha value is -2.40. The van der Waals surface area contributed by atoms with Crippen LogP contribution in [0.2, 0.25) is 0 Å². The zero-order valence-corrected chi connectivity index (χ0v) is 10.2. The van der Waals surface area contributed by atoms with Crippen LogP contribution in [0.1, 0.15) is 0 Å². The number of hydrogen-bond acceptors (Lipinski definition) is 5. The topological polar surface area (TPSA) is 74.2 Å². The molecular formula is C14H13N3O2. The fraction of sp³-hybridized carbons (Fsp3) is 0.143. The highest BCUT2D eigenvalue weighted by molar-refractivity contribution is 5.71. The Morgan fingerprint density at radius 1 is 1.16 bits per heavy atom. The highest BCUT2D eigenvalue weighted by Crippen LogP contribution is 2.24. The molecule has 0 bridgehead atoms. The second-order valence-corrected chi connectivity index (χ2v) is 4.01. The maximum atomic E-state index is 5.64. The summed E-state index contributed by atoms with van der Waals surface area (Å²) in [6.07, 6.45) is 1.69. The van der Waals surface area contributed by atoms with Crippen LogP contribution in [0.25, 0.3) is 22.7 Å². The van der Waals surface area contributed by atoms with Gasteiger partial charge in [-0.3, -0.25) is 0 Å². The lowest BCUT2D eigenvalue weighted by Crippen LogP contribution is -2.10. The van der Waals surface area contributed by atoms with E-state index < -0.39 is 0 Å². The summed E-state index contributed by atoms with van der Waals surface area (Å²) in [5.74, 6) is 1.34. The van der Waals surface area contributed by atoms with E-state index in [4.69, 9.17) is 14.9 Å². The Labute approximate surface area is 110 Å². The van der Waals surface area contributed by atoms with E-state index in [9.17, 15) is 0 Å². The standard InChI is InChI=1S/C14H13N3O2/c15-7-9-18-11-5-3-10(4-6-11)14-17-13-12(19-14)2-1-8-16-13/h1-6,8H,7,9,15H2. The summed E-state index contributed by atoms with van der Waals surface area (Å²) in [6.45, 7) is 1.00. The Morgan fingerprint density at radius 2 is 2.00 bits per heavy atom. The third kappa shape index (κ3) is 2.41. The lowest BCUT2D eigenvalue weighted by atomic mass is 10.2. The third-order valence-electron chi connectivity index (χ3n) is 2.65. The van der Waals surface area contributed by atoms with Crippen LogP contribution in [0.5, 0.6) is 5.75 Å². The average Bonchev–Trinajstić information content (AvgIpc) is 2.89. The molecule has 0 aliphatic carbocycles. The minimum atomic E-state index is 0.499. The fourth-order valence-corrected chi connectivity index (χ4v) is 1.76. The van der Waals surface area contributed by atoms with Crippen molar-refractivity contribution >= 4 is 11.2 Å². The Balaban J connectivity index is 1.88. The minimum absolute atomic E-state index is 0.499. The first-order valence-corrected chi connectivity index (χ1v) is 6.02. The van der Waals surface area contributed by atoms with Gasteiger partial charge >= 0.3 is 0 Å². The molecule has 0 aliphatic rings. The lowest BCUT2D eigenvalue weighted by Gasteiger charge is -2.04. The van der Waals surface area contributed by atoms with Crippen molar-refractivity contribution in [3.63, 3.8) is 0 Å². The molecule has 5 nitrogen and oxygen atoms in total. The second kappa shape index (κ2) is 5.07. The largest absolute Gasteiger partial charge is 0.492 e. The van der Waals surface area contributed by atoms with E-state index in [-0.39, 0.29) is 0 Å². The molecule has 0 amide bonds. The fourth-order valence-electron chi connectivity index (χ4n) is 1.76. The van der Waals surface area contributed by atoms with Crippen molar-refractivity contribution in [3.05, 3.63) is 42.6 Å². The number of benzene rings is 1. The second-order valence-electron chi connectivity index (χ2n) is 4.01. The van der Waals surface area contributed by atoms with E-state index >= 15 is 0 Å². The van der Waals surface area contributed by atoms with Crippen LogP contribution in [0.15, 0.2) is 47.0 Å². The van der Waals surface area contributed by atoms with E-state index in [1.54, 1.807) is 6.20 Å². The molecule has 0 spiro atoms. The highest BCUT2D eigenvalue weighted by Gasteiger charge is 2.08. The minimum Gasteiger partial charge on any atom is -0.492 e. The molecule has 1 aromatic carbocycles. The summed E-state index contributed by atoms with van der Waals surface area (Å²) in [5.41, 5.74) is 7.56. The molecule has 0 radical (unpaired) electrons. The van der Waals surface area contributed by atoms with Gasteiger partial charge < -0.3 is 14.9 Å². The number of hydrogen-bond donors (Lipinski definition) is 1. The van der Waals surface area contributed by atoms with Gasteiger partial charge in [-0.05, 0) is 36.4 Å². The molecule has 2 N–H and O–H groups in total. The van der Waals surface area contributed by atoms with Gasteiger partial charge in [0.2, 0.25) is 5.89 Å². The SMILES string of the molecule is NCCOc1ccc(-c2nc3ncccc3o2)cc1. The van der Waals surface area contributed by atoms with Crippen LogP contribution in [0.3, 0.4) is 0 Å². The predicted molar refractivity (Wildman–Crippen MR) is 71.8 cm³/mol. The van der Waals surface area contributed by atoms with Gasteiger partial charge in [0, 0.05) is 18.3 Å². The van der Waals surface area contributed by atoms with Crippen molar-refractivity contribution in [2.75, 3.05) is 13.2 Å². The van der Waals surface area contributed by atoms with Gasteiger partial charge in [-0.1, -0.05) is 0 Å². The van der Waals surface area contributed by atoms with Crippen LogP contribution in [0, 0.1) is 0 Å². The van der Waals surface area contributed by atoms with Crippen LogP contribution in [0.4, 0.5) is 0 Å². The number of aromatic nitrogens is 2. The Morgan fingerprint density at radius 3 is 2.74 bits per heavy atom. The molecule has 5 heteroatoms. The van der Waals surface area contributed by atoms with E-state index in [1.807, 2.05) is 36.4 Å². The number of ether oxygens (including phenoxy) is 1. The maximum absolute atomic E-state index is 5.64. The number of rotatable bonds is 4. The molecule has 0 fully saturated rings. The number of nitrogens with zero attached hydrogens (tertiary/aromatic N) is 2. The summed E-state index contributed by atoms with van der Waals surface area (Å²) in [7, 11) is 0. The van der Waals surface area contributed by atoms with Crippen molar-refractivity contribution in [1.29, 1.82) is 0 Å². The normalized spacial score (nSPS) is 10.8. The molecule has 0 saturated heterocycles. The number of pyridine rings is 1. The summed E-state index contributed by atoms with van der Waals surface area (Å²) in [6, 6.07) is 11.2. The van der Waals surface area contributed by atoms with E-state index in [2.05, 4.69) is 9.97 Å². The first-order valence-electron chi connectivity index (χ1n) is 6.02. The Kier molecular flexibility index (Phi) is 3.12.